The van der Waals surface area contributed by atoms with Gasteiger partial charge in [-0.25, -0.2) is 0 Å². The molecule has 0 spiro atoms. The van der Waals surface area contributed by atoms with Crippen LogP contribution in [0.2, 0.25) is 0 Å². The minimum Gasteiger partial charge on any atom is -0.508 e. The van der Waals surface area contributed by atoms with Crippen LogP contribution in [0.3, 0.4) is 0 Å². The van der Waals surface area contributed by atoms with Crippen molar-refractivity contribution in [3.8, 4) is 5.75 Å². The largest absolute Gasteiger partial charge is 0.508 e. The fourth-order valence-electron chi connectivity index (χ4n) is 2.53. The van der Waals surface area contributed by atoms with Crippen LogP contribution in [-0.4, -0.2) is 16.7 Å². The Morgan fingerprint density at radius 2 is 1.29 bits per heavy atom. The Bertz CT molecular complexity index is 894. The van der Waals surface area contributed by atoms with Crippen LogP contribution in [0.25, 0.3) is 0 Å². The Balaban J connectivity index is 1.99. The number of ketones is 2. The lowest BCUT2D eigenvalue weighted by atomic mass is 9.94. The van der Waals surface area contributed by atoms with Crippen LogP contribution in [0.4, 0.5) is 0 Å². The number of carbonyl (C=O) groups is 2. The van der Waals surface area contributed by atoms with E-state index < -0.39 is 0 Å². The van der Waals surface area contributed by atoms with Gasteiger partial charge < -0.3 is 5.11 Å². The summed E-state index contributed by atoms with van der Waals surface area (Å²) in [4.78, 5) is 25.3. The number of aryl methyl sites for hydroxylation is 1. The number of hydrogen-bond donors (Lipinski definition) is 1. The van der Waals surface area contributed by atoms with Crippen LogP contribution >= 0.6 is 0 Å². The minimum atomic E-state index is -0.171. The first-order valence-corrected chi connectivity index (χ1v) is 7.60. The van der Waals surface area contributed by atoms with Crippen molar-refractivity contribution in [2.24, 2.45) is 0 Å². The van der Waals surface area contributed by atoms with Crippen LogP contribution in [0, 0.1) is 6.92 Å². The number of benzene rings is 3. The Kier molecular flexibility index (Phi) is 4.25. The van der Waals surface area contributed by atoms with E-state index in [9.17, 15) is 14.7 Å². The molecule has 0 aromatic heterocycles. The molecule has 0 bridgehead atoms. The number of hydrogen-bond acceptors (Lipinski definition) is 3. The molecule has 1 N–H and O–H groups in total. The molecule has 0 aliphatic rings. The van der Waals surface area contributed by atoms with Gasteiger partial charge in [0.25, 0.3) is 0 Å². The molecule has 3 rings (SSSR count). The lowest BCUT2D eigenvalue weighted by Crippen LogP contribution is -2.07. The second kappa shape index (κ2) is 6.50. The first kappa shape index (κ1) is 15.7. The van der Waals surface area contributed by atoms with Crippen LogP contribution < -0.4 is 0 Å². The normalized spacial score (nSPS) is 10.4. The smallest absolute Gasteiger partial charge is 0.193 e. The topological polar surface area (TPSA) is 54.4 Å². The van der Waals surface area contributed by atoms with E-state index in [0.29, 0.717) is 22.3 Å². The van der Waals surface area contributed by atoms with Gasteiger partial charge in [-0.2, -0.15) is 0 Å². The summed E-state index contributed by atoms with van der Waals surface area (Å²) in [5.41, 5.74) is 2.83. The van der Waals surface area contributed by atoms with Gasteiger partial charge in [-0.05, 0) is 42.8 Å². The average Bonchev–Trinajstić information content (AvgIpc) is 2.62. The lowest BCUT2D eigenvalue weighted by molar-refractivity contribution is 0.103. The monoisotopic (exact) mass is 316 g/mol. The SMILES string of the molecule is Cc1ccc(C(=O)c2ccccc2)cc1C(=O)c1ccc(O)cc1. The molecular weight excluding hydrogens is 300 g/mol. The first-order chi connectivity index (χ1) is 11.6. The lowest BCUT2D eigenvalue weighted by Gasteiger charge is -2.08. The highest BCUT2D eigenvalue weighted by atomic mass is 16.3. The molecule has 0 saturated carbocycles. The molecule has 24 heavy (non-hydrogen) atoms. The summed E-state index contributed by atoms with van der Waals surface area (Å²) >= 11 is 0. The van der Waals surface area contributed by atoms with E-state index >= 15 is 0 Å². The summed E-state index contributed by atoms with van der Waals surface area (Å²) < 4.78 is 0. The number of phenolic OH excluding ortho intramolecular Hbond substituents is 1. The van der Waals surface area contributed by atoms with Crippen LogP contribution in [0.15, 0.2) is 72.8 Å². The predicted molar refractivity (Wildman–Crippen MR) is 92.6 cm³/mol. The number of aromatic hydroxyl groups is 1. The Morgan fingerprint density at radius 1 is 0.708 bits per heavy atom. The molecule has 0 amide bonds. The highest BCUT2D eigenvalue weighted by Crippen LogP contribution is 2.20. The average molecular weight is 316 g/mol. The van der Waals surface area contributed by atoms with E-state index in [1.807, 2.05) is 25.1 Å². The highest BCUT2D eigenvalue weighted by molar-refractivity contribution is 6.13. The maximum atomic E-state index is 12.7. The van der Waals surface area contributed by atoms with Gasteiger partial charge in [-0.1, -0.05) is 42.5 Å². The molecule has 0 unspecified atom stereocenters. The van der Waals surface area contributed by atoms with E-state index in [0.717, 1.165) is 5.56 Å². The Morgan fingerprint density at radius 3 is 1.96 bits per heavy atom. The van der Waals surface area contributed by atoms with Crippen LogP contribution in [0.5, 0.6) is 5.75 Å². The number of phenols is 1. The van der Waals surface area contributed by atoms with Crippen LogP contribution in [-0.2, 0) is 0 Å². The summed E-state index contributed by atoms with van der Waals surface area (Å²) in [7, 11) is 0. The van der Waals surface area contributed by atoms with E-state index in [-0.39, 0.29) is 17.3 Å². The minimum absolute atomic E-state index is 0.108. The molecule has 3 aromatic rings. The zero-order valence-corrected chi connectivity index (χ0v) is 13.2. The van der Waals surface area contributed by atoms with Gasteiger partial charge in [0.15, 0.2) is 11.6 Å². The number of carbonyl (C=O) groups excluding carboxylic acids is 2. The van der Waals surface area contributed by atoms with E-state index in [1.165, 1.54) is 12.1 Å². The van der Waals surface area contributed by atoms with Crippen molar-refractivity contribution in [2.45, 2.75) is 6.92 Å². The van der Waals surface area contributed by atoms with Crippen molar-refractivity contribution in [2.75, 3.05) is 0 Å². The fourth-order valence-corrected chi connectivity index (χ4v) is 2.53. The third-order valence-electron chi connectivity index (χ3n) is 3.91. The van der Waals surface area contributed by atoms with Crippen molar-refractivity contribution in [1.82, 2.24) is 0 Å². The maximum Gasteiger partial charge on any atom is 0.193 e. The molecule has 3 aromatic carbocycles. The quantitative estimate of drug-likeness (QED) is 0.735. The molecule has 0 aliphatic heterocycles. The van der Waals surface area contributed by atoms with Crippen molar-refractivity contribution in [3.05, 3.63) is 101 Å². The second-order valence-electron chi connectivity index (χ2n) is 5.60. The molecule has 0 heterocycles. The van der Waals surface area contributed by atoms with Gasteiger partial charge in [0.2, 0.25) is 0 Å². The Hall–Kier alpha value is -3.20. The van der Waals surface area contributed by atoms with Gasteiger partial charge in [-0.15, -0.1) is 0 Å². The maximum absolute atomic E-state index is 12.7. The summed E-state index contributed by atoms with van der Waals surface area (Å²) in [5, 5.41) is 9.35. The third kappa shape index (κ3) is 3.10. The standard InChI is InChI=1S/C21H16O3/c1-14-7-8-17(20(23)15-5-3-2-4-6-15)13-19(14)21(24)16-9-11-18(22)12-10-16/h2-13,22H,1H3. The second-order valence-corrected chi connectivity index (χ2v) is 5.60. The molecule has 0 atom stereocenters. The summed E-state index contributed by atoms with van der Waals surface area (Å²) in [6, 6.07) is 20.2. The summed E-state index contributed by atoms with van der Waals surface area (Å²) in [6.45, 7) is 1.84. The van der Waals surface area contributed by atoms with Crippen molar-refractivity contribution in [3.63, 3.8) is 0 Å². The van der Waals surface area contributed by atoms with Gasteiger partial charge >= 0.3 is 0 Å². The zero-order valence-electron chi connectivity index (χ0n) is 13.2. The predicted octanol–water partition coefficient (Wildman–Crippen LogP) is 4.16. The summed E-state index contributed by atoms with van der Waals surface area (Å²) in [6.07, 6.45) is 0. The van der Waals surface area contributed by atoms with E-state index in [1.54, 1.807) is 42.5 Å². The van der Waals surface area contributed by atoms with Gasteiger partial charge in [-0.3, -0.25) is 9.59 Å². The van der Waals surface area contributed by atoms with E-state index in [4.69, 9.17) is 0 Å². The molecule has 0 radical (unpaired) electrons. The highest BCUT2D eigenvalue weighted by Gasteiger charge is 2.16. The third-order valence-corrected chi connectivity index (χ3v) is 3.91. The molecule has 3 heteroatoms. The molecule has 3 nitrogen and oxygen atoms in total. The zero-order chi connectivity index (χ0) is 17.1. The summed E-state index contributed by atoms with van der Waals surface area (Å²) in [5.74, 6) is -0.179. The molecule has 118 valence electrons. The van der Waals surface area contributed by atoms with Gasteiger partial charge in [0.05, 0.1) is 0 Å². The van der Waals surface area contributed by atoms with Gasteiger partial charge in [0, 0.05) is 22.3 Å². The first-order valence-electron chi connectivity index (χ1n) is 7.60. The molecular formula is C21H16O3. The van der Waals surface area contributed by atoms with Crippen molar-refractivity contribution in [1.29, 1.82) is 0 Å². The molecule has 0 saturated heterocycles. The number of rotatable bonds is 4. The molecule has 0 aliphatic carbocycles. The van der Waals surface area contributed by atoms with Gasteiger partial charge in [0.1, 0.15) is 5.75 Å². The fraction of sp³-hybridized carbons (Fsp3) is 0.0476. The Labute approximate surface area is 140 Å². The molecule has 0 fully saturated rings. The van der Waals surface area contributed by atoms with Crippen molar-refractivity contribution >= 4 is 11.6 Å². The van der Waals surface area contributed by atoms with E-state index in [2.05, 4.69) is 0 Å². The van der Waals surface area contributed by atoms with Crippen LogP contribution in [0.1, 0.15) is 37.4 Å². The van der Waals surface area contributed by atoms with Crippen molar-refractivity contribution < 1.29 is 14.7 Å².